The SMILES string of the molecule is C[C@@H](NC(=O)C1CCC(NS(=O)(=O)c2ccc(-c3ncc[nH]3)cc2)CC1)c1ccc(F)cc1. The van der Waals surface area contributed by atoms with Gasteiger partial charge in [-0.25, -0.2) is 22.5 Å². The molecule has 0 spiro atoms. The highest BCUT2D eigenvalue weighted by molar-refractivity contribution is 7.89. The van der Waals surface area contributed by atoms with E-state index in [1.807, 2.05) is 6.92 Å². The number of rotatable bonds is 7. The van der Waals surface area contributed by atoms with E-state index in [0.29, 0.717) is 31.5 Å². The van der Waals surface area contributed by atoms with Gasteiger partial charge in [-0.05, 0) is 74.6 Å². The number of H-pyrrole nitrogens is 1. The molecule has 1 fully saturated rings. The Kier molecular flexibility index (Phi) is 6.90. The van der Waals surface area contributed by atoms with E-state index in [2.05, 4.69) is 20.0 Å². The van der Waals surface area contributed by atoms with Crippen molar-refractivity contribution in [1.29, 1.82) is 0 Å². The molecule has 1 atom stereocenters. The topological polar surface area (TPSA) is 104 Å². The van der Waals surface area contributed by atoms with Gasteiger partial charge in [0.1, 0.15) is 11.6 Å². The third kappa shape index (κ3) is 5.66. The van der Waals surface area contributed by atoms with E-state index in [-0.39, 0.29) is 34.6 Å². The number of aromatic amines is 1. The predicted molar refractivity (Wildman–Crippen MR) is 123 cm³/mol. The van der Waals surface area contributed by atoms with E-state index in [9.17, 15) is 17.6 Å². The molecule has 1 amide bonds. The number of amides is 1. The predicted octanol–water partition coefficient (Wildman–Crippen LogP) is 3.93. The Balaban J connectivity index is 1.29. The summed E-state index contributed by atoms with van der Waals surface area (Å²) in [5.41, 5.74) is 1.64. The number of sulfonamides is 1. The Hall–Kier alpha value is -3.04. The molecule has 2 aromatic carbocycles. The average molecular weight is 471 g/mol. The van der Waals surface area contributed by atoms with Crippen LogP contribution in [0.3, 0.4) is 0 Å². The van der Waals surface area contributed by atoms with Crippen molar-refractivity contribution in [3.05, 3.63) is 72.3 Å². The van der Waals surface area contributed by atoms with Gasteiger partial charge >= 0.3 is 0 Å². The first-order valence-corrected chi connectivity index (χ1v) is 12.5. The van der Waals surface area contributed by atoms with Gasteiger partial charge in [-0.3, -0.25) is 4.79 Å². The number of carbonyl (C=O) groups is 1. The van der Waals surface area contributed by atoms with E-state index >= 15 is 0 Å². The fourth-order valence-electron chi connectivity index (χ4n) is 4.14. The van der Waals surface area contributed by atoms with Gasteiger partial charge in [0.25, 0.3) is 0 Å². The number of carbonyl (C=O) groups excluding carboxylic acids is 1. The van der Waals surface area contributed by atoms with Crippen molar-refractivity contribution >= 4 is 15.9 Å². The van der Waals surface area contributed by atoms with Crippen LogP contribution in [0.15, 0.2) is 65.8 Å². The first-order chi connectivity index (χ1) is 15.8. The van der Waals surface area contributed by atoms with Gasteiger partial charge in [0, 0.05) is 29.9 Å². The molecule has 174 valence electrons. The minimum absolute atomic E-state index is 0.0540. The second-order valence-corrected chi connectivity index (χ2v) is 10.1. The standard InChI is InChI=1S/C24H27FN4O3S/c1-16(17-2-8-20(25)9-3-17)28-24(30)19-4-10-21(11-5-19)29-33(31,32)22-12-6-18(7-13-22)23-26-14-15-27-23/h2-3,6-9,12-16,19,21,29H,4-5,10-11H2,1H3,(H,26,27)(H,28,30)/t16-,19?,21?/m1/s1. The molecule has 1 saturated carbocycles. The largest absolute Gasteiger partial charge is 0.349 e. The molecule has 0 aliphatic heterocycles. The molecule has 1 heterocycles. The molecule has 33 heavy (non-hydrogen) atoms. The summed E-state index contributed by atoms with van der Waals surface area (Å²) in [5.74, 6) is 0.145. The molecule has 7 nitrogen and oxygen atoms in total. The van der Waals surface area contributed by atoms with E-state index in [1.54, 1.807) is 48.8 Å². The van der Waals surface area contributed by atoms with Crippen molar-refractivity contribution in [2.75, 3.05) is 0 Å². The highest BCUT2D eigenvalue weighted by Crippen LogP contribution is 2.27. The van der Waals surface area contributed by atoms with Crippen molar-refractivity contribution in [1.82, 2.24) is 20.0 Å². The second kappa shape index (κ2) is 9.84. The zero-order chi connectivity index (χ0) is 23.4. The molecule has 9 heteroatoms. The fraction of sp³-hybridized carbons (Fsp3) is 0.333. The highest BCUT2D eigenvalue weighted by atomic mass is 32.2. The Morgan fingerprint density at radius 2 is 1.73 bits per heavy atom. The molecule has 0 unspecified atom stereocenters. The second-order valence-electron chi connectivity index (χ2n) is 8.41. The van der Waals surface area contributed by atoms with E-state index in [1.165, 1.54) is 12.1 Å². The maximum Gasteiger partial charge on any atom is 0.240 e. The molecule has 4 rings (SSSR count). The lowest BCUT2D eigenvalue weighted by Gasteiger charge is -2.29. The molecule has 3 N–H and O–H groups in total. The fourth-order valence-corrected chi connectivity index (χ4v) is 5.45. The van der Waals surface area contributed by atoms with E-state index < -0.39 is 10.0 Å². The number of hydrogen-bond donors (Lipinski definition) is 3. The molecule has 0 bridgehead atoms. The number of imidazole rings is 1. The zero-order valence-electron chi connectivity index (χ0n) is 18.3. The third-order valence-electron chi connectivity index (χ3n) is 6.08. The highest BCUT2D eigenvalue weighted by Gasteiger charge is 2.29. The van der Waals surface area contributed by atoms with Crippen LogP contribution in [0, 0.1) is 11.7 Å². The summed E-state index contributed by atoms with van der Waals surface area (Å²) in [6.45, 7) is 1.86. The maximum atomic E-state index is 13.1. The minimum Gasteiger partial charge on any atom is -0.349 e. The van der Waals surface area contributed by atoms with Gasteiger partial charge in [-0.1, -0.05) is 12.1 Å². The van der Waals surface area contributed by atoms with Crippen molar-refractivity contribution in [2.24, 2.45) is 5.92 Å². The van der Waals surface area contributed by atoms with E-state index in [4.69, 9.17) is 0 Å². The van der Waals surface area contributed by atoms with Crippen molar-refractivity contribution < 1.29 is 17.6 Å². The summed E-state index contributed by atoms with van der Waals surface area (Å²) >= 11 is 0. The monoisotopic (exact) mass is 470 g/mol. The zero-order valence-corrected chi connectivity index (χ0v) is 19.1. The Bertz CT molecular complexity index is 1170. The first kappa shape index (κ1) is 23.1. The molecule has 3 aromatic rings. The number of nitrogens with zero attached hydrogens (tertiary/aromatic N) is 1. The van der Waals surface area contributed by atoms with Gasteiger partial charge in [-0.15, -0.1) is 0 Å². The lowest BCUT2D eigenvalue weighted by molar-refractivity contribution is -0.126. The molecular weight excluding hydrogens is 443 g/mol. The first-order valence-electron chi connectivity index (χ1n) is 11.0. The normalized spacial score (nSPS) is 19.7. The van der Waals surface area contributed by atoms with Crippen molar-refractivity contribution in [3.8, 4) is 11.4 Å². The van der Waals surface area contributed by atoms with Gasteiger partial charge in [-0.2, -0.15) is 0 Å². The van der Waals surface area contributed by atoms with Crippen LogP contribution in [0.5, 0.6) is 0 Å². The number of hydrogen-bond acceptors (Lipinski definition) is 4. The summed E-state index contributed by atoms with van der Waals surface area (Å²) in [6, 6.07) is 12.2. The Morgan fingerprint density at radius 1 is 1.06 bits per heavy atom. The third-order valence-corrected chi connectivity index (χ3v) is 7.62. The lowest BCUT2D eigenvalue weighted by Crippen LogP contribution is -2.41. The number of benzene rings is 2. The summed E-state index contributed by atoms with van der Waals surface area (Å²) in [5, 5.41) is 2.98. The van der Waals surface area contributed by atoms with Crippen LogP contribution in [-0.2, 0) is 14.8 Å². The smallest absolute Gasteiger partial charge is 0.240 e. The van der Waals surface area contributed by atoms with E-state index in [0.717, 1.165) is 11.1 Å². The quantitative estimate of drug-likeness (QED) is 0.487. The summed E-state index contributed by atoms with van der Waals surface area (Å²) in [7, 11) is -3.65. The number of aromatic nitrogens is 2. The van der Waals surface area contributed by atoms with Crippen LogP contribution < -0.4 is 10.0 Å². The minimum atomic E-state index is -3.65. The molecule has 1 aliphatic carbocycles. The summed E-state index contributed by atoms with van der Waals surface area (Å²) < 4.78 is 41.5. The Labute approximate surface area is 192 Å². The maximum absolute atomic E-state index is 13.1. The van der Waals surface area contributed by atoms with Gasteiger partial charge in [0.05, 0.1) is 10.9 Å². The molecule has 1 aromatic heterocycles. The van der Waals surface area contributed by atoms with Crippen LogP contribution in [0.1, 0.15) is 44.2 Å². The molecule has 0 radical (unpaired) electrons. The molecular formula is C24H27FN4O3S. The van der Waals surface area contributed by atoms with Crippen LogP contribution in [0.25, 0.3) is 11.4 Å². The van der Waals surface area contributed by atoms with Crippen molar-refractivity contribution in [2.45, 2.75) is 49.6 Å². The lowest BCUT2D eigenvalue weighted by atomic mass is 9.85. The van der Waals surface area contributed by atoms with Crippen LogP contribution >= 0.6 is 0 Å². The number of halogens is 1. The van der Waals surface area contributed by atoms with Crippen LogP contribution in [0.2, 0.25) is 0 Å². The number of nitrogens with one attached hydrogen (secondary N) is 3. The van der Waals surface area contributed by atoms with Gasteiger partial charge in [0.15, 0.2) is 0 Å². The van der Waals surface area contributed by atoms with Gasteiger partial charge in [0.2, 0.25) is 15.9 Å². The summed E-state index contributed by atoms with van der Waals surface area (Å²) in [4.78, 5) is 20.0. The average Bonchev–Trinajstić information content (AvgIpc) is 3.35. The molecule has 0 saturated heterocycles. The van der Waals surface area contributed by atoms with Crippen LogP contribution in [-0.4, -0.2) is 30.3 Å². The van der Waals surface area contributed by atoms with Crippen LogP contribution in [0.4, 0.5) is 4.39 Å². The summed E-state index contributed by atoms with van der Waals surface area (Å²) in [6.07, 6.45) is 5.74. The Morgan fingerprint density at radius 3 is 2.33 bits per heavy atom. The molecule has 1 aliphatic rings. The van der Waals surface area contributed by atoms with Crippen molar-refractivity contribution in [3.63, 3.8) is 0 Å². The van der Waals surface area contributed by atoms with Gasteiger partial charge < -0.3 is 10.3 Å².